The van der Waals surface area contributed by atoms with E-state index < -0.39 is 0 Å². The van der Waals surface area contributed by atoms with Crippen molar-refractivity contribution >= 4 is 17.4 Å². The Morgan fingerprint density at radius 2 is 2.21 bits per heavy atom. The molecule has 0 spiro atoms. The van der Waals surface area contributed by atoms with E-state index in [0.717, 1.165) is 12.4 Å². The van der Waals surface area contributed by atoms with Crippen molar-refractivity contribution in [1.29, 1.82) is 0 Å². The molecule has 4 heteroatoms. The summed E-state index contributed by atoms with van der Waals surface area (Å²) in [6.07, 6.45) is 2.09. The Balaban J connectivity index is 2.63. The van der Waals surface area contributed by atoms with E-state index in [1.807, 2.05) is 6.92 Å². The normalized spacial score (nSPS) is 9.71. The van der Waals surface area contributed by atoms with Gasteiger partial charge in [-0.05, 0) is 20.8 Å². The molecule has 14 heavy (non-hydrogen) atoms. The summed E-state index contributed by atoms with van der Waals surface area (Å²) in [5.74, 6) is 1.44. The summed E-state index contributed by atoms with van der Waals surface area (Å²) in [5, 5.41) is 3.62. The lowest BCUT2D eigenvalue weighted by Crippen LogP contribution is -2.02. The predicted octanol–water partition coefficient (Wildman–Crippen LogP) is 2.82. The van der Waals surface area contributed by atoms with Gasteiger partial charge in [-0.15, -0.1) is 0 Å². The molecule has 3 nitrogen and oxygen atoms in total. The molecule has 0 saturated heterocycles. The van der Waals surface area contributed by atoms with Crippen molar-refractivity contribution in [3.8, 4) is 0 Å². The molecule has 0 unspecified atom stereocenters. The highest BCUT2D eigenvalue weighted by Crippen LogP contribution is 2.10. The van der Waals surface area contributed by atoms with Crippen LogP contribution in [0.1, 0.15) is 19.7 Å². The summed E-state index contributed by atoms with van der Waals surface area (Å²) in [6, 6.07) is 1.72. The molecule has 0 bridgehead atoms. The zero-order valence-corrected chi connectivity index (χ0v) is 9.39. The number of allylic oxidation sites excluding steroid dienone is 1. The fourth-order valence-corrected chi connectivity index (χ4v) is 1.21. The fraction of sp³-hybridized carbons (Fsp3) is 0.400. The fourth-order valence-electron chi connectivity index (χ4n) is 0.982. The second-order valence-electron chi connectivity index (χ2n) is 3.29. The van der Waals surface area contributed by atoms with Crippen molar-refractivity contribution < 1.29 is 0 Å². The molecular weight excluding hydrogens is 198 g/mol. The van der Waals surface area contributed by atoms with Crippen LogP contribution in [0.3, 0.4) is 0 Å². The maximum atomic E-state index is 5.79. The number of hydrogen-bond donors (Lipinski definition) is 1. The Kier molecular flexibility index (Phi) is 3.89. The highest BCUT2D eigenvalue weighted by Gasteiger charge is 1.97. The van der Waals surface area contributed by atoms with Crippen LogP contribution in [0.5, 0.6) is 0 Å². The van der Waals surface area contributed by atoms with Gasteiger partial charge in [-0.1, -0.05) is 23.3 Å². The molecule has 0 atom stereocenters. The minimum Gasteiger partial charge on any atom is -0.366 e. The van der Waals surface area contributed by atoms with Crippen molar-refractivity contribution in [2.24, 2.45) is 0 Å². The van der Waals surface area contributed by atoms with E-state index >= 15 is 0 Å². The number of hydrogen-bond acceptors (Lipinski definition) is 3. The van der Waals surface area contributed by atoms with Gasteiger partial charge >= 0.3 is 0 Å². The molecule has 76 valence electrons. The molecule has 0 saturated carbocycles. The third kappa shape index (κ3) is 3.75. The minimum atomic E-state index is 0.470. The smallest absolute Gasteiger partial charge is 0.134 e. The summed E-state index contributed by atoms with van der Waals surface area (Å²) >= 11 is 5.79. The first-order valence-corrected chi connectivity index (χ1v) is 4.84. The van der Waals surface area contributed by atoms with Gasteiger partial charge in [0.2, 0.25) is 0 Å². The number of nitrogens with zero attached hydrogens (tertiary/aromatic N) is 2. The van der Waals surface area contributed by atoms with Gasteiger partial charge in [-0.25, -0.2) is 9.97 Å². The van der Waals surface area contributed by atoms with Crippen LogP contribution in [0.2, 0.25) is 5.15 Å². The predicted molar refractivity (Wildman–Crippen MR) is 59.7 cm³/mol. The highest BCUT2D eigenvalue weighted by molar-refractivity contribution is 6.29. The van der Waals surface area contributed by atoms with E-state index in [4.69, 9.17) is 11.6 Å². The second-order valence-corrected chi connectivity index (χ2v) is 3.67. The zero-order valence-electron chi connectivity index (χ0n) is 8.63. The lowest BCUT2D eigenvalue weighted by Gasteiger charge is -2.03. The van der Waals surface area contributed by atoms with Crippen LogP contribution < -0.4 is 5.32 Å². The molecule has 1 N–H and O–H groups in total. The largest absolute Gasteiger partial charge is 0.366 e. The van der Waals surface area contributed by atoms with Crippen molar-refractivity contribution in [3.63, 3.8) is 0 Å². The van der Waals surface area contributed by atoms with Crippen molar-refractivity contribution in [1.82, 2.24) is 9.97 Å². The quantitative estimate of drug-likeness (QED) is 0.617. The zero-order chi connectivity index (χ0) is 10.6. The lowest BCUT2D eigenvalue weighted by molar-refractivity contribution is 1.04. The monoisotopic (exact) mass is 211 g/mol. The Morgan fingerprint density at radius 3 is 2.79 bits per heavy atom. The van der Waals surface area contributed by atoms with Gasteiger partial charge in [-0.2, -0.15) is 0 Å². The summed E-state index contributed by atoms with van der Waals surface area (Å²) in [5.41, 5.74) is 1.27. The van der Waals surface area contributed by atoms with Crippen molar-refractivity contribution in [2.75, 3.05) is 11.9 Å². The number of nitrogens with one attached hydrogen (secondary N) is 1. The Labute approximate surface area is 89.2 Å². The van der Waals surface area contributed by atoms with E-state index in [1.165, 1.54) is 5.57 Å². The maximum Gasteiger partial charge on any atom is 0.134 e. The van der Waals surface area contributed by atoms with E-state index in [0.29, 0.717) is 11.0 Å². The average molecular weight is 212 g/mol. The van der Waals surface area contributed by atoms with Crippen LogP contribution >= 0.6 is 11.6 Å². The van der Waals surface area contributed by atoms with E-state index in [9.17, 15) is 0 Å². The third-order valence-electron chi connectivity index (χ3n) is 1.60. The number of aryl methyl sites for hydroxylation is 1. The number of aromatic nitrogens is 2. The van der Waals surface area contributed by atoms with Crippen LogP contribution in [0, 0.1) is 6.92 Å². The molecule has 1 heterocycles. The summed E-state index contributed by atoms with van der Waals surface area (Å²) in [7, 11) is 0. The third-order valence-corrected chi connectivity index (χ3v) is 1.79. The molecular formula is C10H14ClN3. The number of anilines is 1. The van der Waals surface area contributed by atoms with E-state index in [1.54, 1.807) is 6.07 Å². The molecule has 1 rings (SSSR count). The van der Waals surface area contributed by atoms with Gasteiger partial charge in [0.25, 0.3) is 0 Å². The molecule has 1 aromatic heterocycles. The first-order chi connectivity index (χ1) is 6.58. The molecule has 0 aliphatic rings. The van der Waals surface area contributed by atoms with Crippen molar-refractivity contribution in [2.45, 2.75) is 20.8 Å². The van der Waals surface area contributed by atoms with Crippen LogP contribution in [-0.4, -0.2) is 16.5 Å². The topological polar surface area (TPSA) is 37.8 Å². The average Bonchev–Trinajstić information content (AvgIpc) is 2.01. The summed E-state index contributed by atoms with van der Waals surface area (Å²) < 4.78 is 0. The van der Waals surface area contributed by atoms with Crippen LogP contribution in [0.25, 0.3) is 0 Å². The summed E-state index contributed by atoms with van der Waals surface area (Å²) in [6.45, 7) is 6.69. The van der Waals surface area contributed by atoms with E-state index in [2.05, 4.69) is 35.2 Å². The van der Waals surface area contributed by atoms with Gasteiger partial charge in [-0.3, -0.25) is 0 Å². The molecule has 0 radical (unpaired) electrons. The first-order valence-electron chi connectivity index (χ1n) is 4.46. The van der Waals surface area contributed by atoms with Gasteiger partial charge in [0.1, 0.15) is 16.8 Å². The first kappa shape index (κ1) is 11.0. The van der Waals surface area contributed by atoms with Crippen LogP contribution in [0.4, 0.5) is 5.82 Å². The van der Waals surface area contributed by atoms with Gasteiger partial charge < -0.3 is 5.32 Å². The molecule has 0 aromatic carbocycles. The summed E-state index contributed by atoms with van der Waals surface area (Å²) in [4.78, 5) is 8.17. The molecule has 0 amide bonds. The minimum absolute atomic E-state index is 0.470. The number of halogens is 1. The Hall–Kier alpha value is -1.09. The molecule has 0 aliphatic heterocycles. The number of rotatable bonds is 3. The van der Waals surface area contributed by atoms with E-state index in [-0.39, 0.29) is 0 Å². The molecule has 0 aliphatic carbocycles. The Morgan fingerprint density at radius 1 is 1.50 bits per heavy atom. The highest BCUT2D eigenvalue weighted by atomic mass is 35.5. The van der Waals surface area contributed by atoms with Crippen LogP contribution in [0.15, 0.2) is 17.7 Å². The second kappa shape index (κ2) is 4.96. The lowest BCUT2D eigenvalue weighted by atomic mass is 10.3. The van der Waals surface area contributed by atoms with Crippen molar-refractivity contribution in [3.05, 3.63) is 28.7 Å². The van der Waals surface area contributed by atoms with Gasteiger partial charge in [0.15, 0.2) is 0 Å². The SMILES string of the molecule is CC(C)=CCNc1cc(Cl)nc(C)n1. The van der Waals surface area contributed by atoms with Gasteiger partial charge in [0.05, 0.1) is 0 Å². The maximum absolute atomic E-state index is 5.79. The van der Waals surface area contributed by atoms with Gasteiger partial charge in [0, 0.05) is 12.6 Å². The standard InChI is InChI=1S/C10H14ClN3/c1-7(2)4-5-12-10-6-9(11)13-8(3)14-10/h4,6H,5H2,1-3H3,(H,12,13,14). The molecule has 1 aromatic rings. The van der Waals surface area contributed by atoms with Crippen LogP contribution in [-0.2, 0) is 0 Å². The molecule has 0 fully saturated rings. The Bertz CT molecular complexity index is 323.